The third-order valence-corrected chi connectivity index (χ3v) is 2.54. The molecule has 5 N–H and O–H groups in total. The normalized spacial score (nSPS) is 24.8. The van der Waals surface area contributed by atoms with Gasteiger partial charge >= 0.3 is 0 Å². The van der Waals surface area contributed by atoms with Crippen LogP contribution in [-0.4, -0.2) is 17.9 Å². The molecular formula is C14H21N3O2. The van der Waals surface area contributed by atoms with Crippen molar-refractivity contribution in [3.8, 4) is 0 Å². The predicted molar refractivity (Wildman–Crippen MR) is 74.0 cm³/mol. The highest BCUT2D eigenvalue weighted by molar-refractivity contribution is 5.83. The van der Waals surface area contributed by atoms with Crippen molar-refractivity contribution in [1.29, 1.82) is 0 Å². The molecule has 0 heterocycles. The van der Waals surface area contributed by atoms with Gasteiger partial charge in [-0.15, -0.1) is 0 Å². The van der Waals surface area contributed by atoms with Crippen LogP contribution in [0.3, 0.4) is 0 Å². The van der Waals surface area contributed by atoms with Crippen molar-refractivity contribution in [3.63, 3.8) is 0 Å². The predicted octanol–water partition coefficient (Wildman–Crippen LogP) is 0.703. The molecule has 5 heteroatoms. The van der Waals surface area contributed by atoms with E-state index in [1.165, 1.54) is 18.2 Å². The van der Waals surface area contributed by atoms with Crippen LogP contribution < -0.4 is 16.8 Å². The number of hydrogen-bond acceptors (Lipinski definition) is 3. The van der Waals surface area contributed by atoms with Gasteiger partial charge in [-0.05, 0) is 26.2 Å². The highest BCUT2D eigenvalue weighted by Gasteiger charge is 2.34. The number of nitrogens with two attached hydrogens (primary N) is 2. The number of nitrogens with one attached hydrogen (secondary N) is 1. The van der Waals surface area contributed by atoms with E-state index in [0.717, 1.165) is 13.0 Å². The second-order valence-corrected chi connectivity index (χ2v) is 3.97. The zero-order valence-electron chi connectivity index (χ0n) is 19.3. The van der Waals surface area contributed by atoms with Gasteiger partial charge in [-0.25, -0.2) is 0 Å². The molecule has 0 bridgehead atoms. The van der Waals surface area contributed by atoms with Crippen LogP contribution in [0.15, 0.2) is 30.3 Å². The molecule has 2 amide bonds. The average Bonchev–Trinajstić information content (AvgIpc) is 2.50. The number of rotatable bonds is 6. The maximum absolute atomic E-state index is 12.1. The Bertz CT molecular complexity index is 751. The van der Waals surface area contributed by atoms with Gasteiger partial charge in [-0.1, -0.05) is 30.3 Å². The first-order valence-corrected chi connectivity index (χ1v) is 5.41. The Kier molecular flexibility index (Phi) is 2.00. The summed E-state index contributed by atoms with van der Waals surface area (Å²) in [6.07, 6.45) is 0. The summed E-state index contributed by atoms with van der Waals surface area (Å²) in [7, 11) is 0. The molecule has 0 fully saturated rings. The summed E-state index contributed by atoms with van der Waals surface area (Å²) in [5.74, 6) is -3.22. The van der Waals surface area contributed by atoms with E-state index in [2.05, 4.69) is 0 Å². The lowest BCUT2D eigenvalue weighted by molar-refractivity contribution is -0.128. The van der Waals surface area contributed by atoms with Gasteiger partial charge in [0.1, 0.15) is 7.43 Å². The summed E-state index contributed by atoms with van der Waals surface area (Å²) in [5.41, 5.74) is 6.79. The third kappa shape index (κ3) is 3.54. The van der Waals surface area contributed by atoms with Crippen LogP contribution in [-0.2, 0) is 9.59 Å². The van der Waals surface area contributed by atoms with Gasteiger partial charge in [0.05, 0.1) is 8.16 Å². The first-order chi connectivity index (χ1) is 12.5. The van der Waals surface area contributed by atoms with Gasteiger partial charge in [0, 0.05) is 14.3 Å². The van der Waals surface area contributed by atoms with Gasteiger partial charge in [-0.2, -0.15) is 0 Å². The fraction of sp³-hybridized carbons (Fsp3) is 0.429. The van der Waals surface area contributed by atoms with E-state index in [9.17, 15) is 9.59 Å². The van der Waals surface area contributed by atoms with E-state index in [4.69, 9.17) is 23.8 Å². The maximum atomic E-state index is 12.1. The van der Waals surface area contributed by atoms with E-state index < -0.39 is 43.0 Å². The lowest BCUT2D eigenvalue weighted by Gasteiger charge is -2.32. The number of benzene rings is 1. The van der Waals surface area contributed by atoms with Crippen molar-refractivity contribution in [2.45, 2.75) is 32.7 Å². The SMILES string of the molecule is [2H]c1ccccc1[C@]([2H])(C(N)=O)N([2H])[C@@H](C)C(C(N)=O)(C([2H])([2H])[2H])C([2H])([2H])[2H]. The number of amides is 2. The largest absolute Gasteiger partial charge is 0.369 e. The van der Waals surface area contributed by atoms with Crippen LogP contribution in [0.4, 0.5) is 0 Å². The van der Waals surface area contributed by atoms with Crippen LogP contribution in [0, 0.1) is 5.41 Å². The van der Waals surface area contributed by atoms with Gasteiger partial charge < -0.3 is 11.5 Å². The lowest BCUT2D eigenvalue weighted by atomic mass is 9.84. The molecule has 2 atom stereocenters. The minimum Gasteiger partial charge on any atom is -0.369 e. The minimum absolute atomic E-state index is 0.00616. The molecule has 1 aromatic carbocycles. The first kappa shape index (κ1) is 6.52. The van der Waals surface area contributed by atoms with Gasteiger partial charge in [0.25, 0.3) is 0 Å². The average molecular weight is 272 g/mol. The molecule has 0 aromatic heterocycles. The van der Waals surface area contributed by atoms with Crippen molar-refractivity contribution in [2.24, 2.45) is 16.9 Å². The molecule has 0 aliphatic carbocycles. The zero-order chi connectivity index (χ0) is 22.3. The standard InChI is InChI=1S/C14H21N3O2/c1-9(14(2,3)13(16)19)17-11(12(15)18)10-7-5-4-6-8-10/h4-9,11,17H,1-3H3,(H2,15,18)(H2,16,19)/t9-,11+/m0/s1/i2D3,3D3,7D,11D/hD. The summed E-state index contributed by atoms with van der Waals surface area (Å²) in [6.45, 7) is -6.14. The lowest BCUT2D eigenvalue weighted by Crippen LogP contribution is -2.50. The molecule has 0 unspecified atom stereocenters. The molecule has 104 valence electrons. The van der Waals surface area contributed by atoms with E-state index in [1.54, 1.807) is 0 Å². The molecule has 0 aliphatic heterocycles. The number of hydrogen-bond donors (Lipinski definition) is 3. The number of primary amides is 2. The second kappa shape index (κ2) is 5.84. The molecule has 5 nitrogen and oxygen atoms in total. The topological polar surface area (TPSA) is 98.2 Å². The quantitative estimate of drug-likeness (QED) is 0.711. The van der Waals surface area contributed by atoms with E-state index in [1.807, 2.05) is 0 Å². The first-order valence-electron chi connectivity index (χ1n) is 9.86. The zero-order valence-corrected chi connectivity index (χ0v) is 10.3. The Labute approximate surface area is 126 Å². The van der Waals surface area contributed by atoms with Crippen molar-refractivity contribution in [1.82, 2.24) is 5.31 Å². The highest BCUT2D eigenvalue weighted by Crippen LogP contribution is 2.23. The van der Waals surface area contributed by atoms with Crippen molar-refractivity contribution in [3.05, 3.63) is 35.9 Å². The fourth-order valence-corrected chi connectivity index (χ4v) is 1.30. The molecule has 0 radical (unpaired) electrons. The maximum Gasteiger partial charge on any atom is 0.239 e. The molecule has 0 saturated carbocycles. The van der Waals surface area contributed by atoms with Crippen molar-refractivity contribution < 1.29 is 22.0 Å². The Morgan fingerprint density at radius 3 is 2.63 bits per heavy atom. The Balaban J connectivity index is 3.80. The summed E-state index contributed by atoms with van der Waals surface area (Å²) in [6, 6.07) is -0.200. The van der Waals surface area contributed by atoms with Crippen LogP contribution >= 0.6 is 0 Å². The highest BCUT2D eigenvalue weighted by atomic mass is 16.2. The molecule has 1 rings (SSSR count). The molecule has 1 aromatic rings. The molecular weight excluding hydrogens is 242 g/mol. The Morgan fingerprint density at radius 1 is 1.47 bits per heavy atom. The van der Waals surface area contributed by atoms with Crippen molar-refractivity contribution in [2.75, 3.05) is 0 Å². The number of carbonyl (C=O) groups excluding carboxylic acids is 2. The molecule has 0 saturated heterocycles. The fourth-order valence-electron chi connectivity index (χ4n) is 1.30. The number of carbonyl (C=O) groups is 2. The van der Waals surface area contributed by atoms with E-state index in [-0.39, 0.29) is 16.9 Å². The van der Waals surface area contributed by atoms with E-state index in [0.29, 0.717) is 0 Å². The van der Waals surface area contributed by atoms with Crippen LogP contribution in [0.25, 0.3) is 0 Å². The van der Waals surface area contributed by atoms with Crippen molar-refractivity contribution >= 4 is 11.8 Å². The van der Waals surface area contributed by atoms with Gasteiger partial charge in [0.2, 0.25) is 11.8 Å². The summed E-state index contributed by atoms with van der Waals surface area (Å²) in [4.78, 5) is 24.2. The summed E-state index contributed by atoms with van der Waals surface area (Å²) in [5, 5.41) is 0.00616. The molecule has 19 heavy (non-hydrogen) atoms. The monoisotopic (exact) mass is 272 g/mol. The molecule has 0 aliphatic rings. The minimum atomic E-state index is -3.51. The Hall–Kier alpha value is -1.88. The Morgan fingerprint density at radius 2 is 2.16 bits per heavy atom. The molecule has 0 spiro atoms. The van der Waals surface area contributed by atoms with Crippen LogP contribution in [0.5, 0.6) is 0 Å². The summed E-state index contributed by atoms with van der Waals surface area (Å²) >= 11 is 0. The van der Waals surface area contributed by atoms with Crippen LogP contribution in [0.1, 0.15) is 43.2 Å². The second-order valence-electron chi connectivity index (χ2n) is 3.97. The van der Waals surface area contributed by atoms with Gasteiger partial charge in [-0.3, -0.25) is 14.9 Å². The van der Waals surface area contributed by atoms with Gasteiger partial charge in [0.15, 0.2) is 0 Å². The van der Waals surface area contributed by atoms with E-state index >= 15 is 0 Å². The smallest absolute Gasteiger partial charge is 0.239 e. The van der Waals surface area contributed by atoms with Crippen LogP contribution in [0.2, 0.25) is 1.41 Å². The third-order valence-electron chi connectivity index (χ3n) is 2.54. The summed E-state index contributed by atoms with van der Waals surface area (Å²) < 4.78 is 70.5.